The van der Waals surface area contributed by atoms with Gasteiger partial charge in [-0.15, -0.1) is 6.58 Å². The quantitative estimate of drug-likeness (QED) is 0.649. The Bertz CT molecular complexity index is 365. The summed E-state index contributed by atoms with van der Waals surface area (Å²) in [6.07, 6.45) is -3.04. The van der Waals surface area contributed by atoms with E-state index in [1.54, 1.807) is 0 Å². The average molecular weight is 238 g/mol. The van der Waals surface area contributed by atoms with Crippen molar-refractivity contribution < 1.29 is 13.2 Å². The van der Waals surface area contributed by atoms with Gasteiger partial charge in [0, 0.05) is 12.6 Å². The Kier molecular flexibility index (Phi) is 3.52. The number of rotatable bonds is 3. The van der Waals surface area contributed by atoms with Crippen LogP contribution in [0.5, 0.6) is 0 Å². The van der Waals surface area contributed by atoms with Gasteiger partial charge in [0.25, 0.3) is 0 Å². The van der Waals surface area contributed by atoms with Gasteiger partial charge in [0.2, 0.25) is 5.28 Å². The fourth-order valence-corrected chi connectivity index (χ4v) is 1.01. The molecule has 0 amide bonds. The number of aromatic nitrogens is 2. The van der Waals surface area contributed by atoms with Crippen LogP contribution >= 0.6 is 11.6 Å². The number of hydrogen-bond acceptors (Lipinski definition) is 3. The first-order valence-corrected chi connectivity index (χ1v) is 4.28. The van der Waals surface area contributed by atoms with Gasteiger partial charge in [-0.3, -0.25) is 0 Å². The van der Waals surface area contributed by atoms with Gasteiger partial charge in [-0.2, -0.15) is 13.2 Å². The van der Waals surface area contributed by atoms with Crippen molar-refractivity contribution in [3.63, 3.8) is 0 Å². The molecule has 0 aliphatic rings. The molecule has 3 nitrogen and oxygen atoms in total. The maximum Gasteiger partial charge on any atom is 0.433 e. The van der Waals surface area contributed by atoms with Crippen LogP contribution in [0.15, 0.2) is 18.7 Å². The standard InChI is InChI=1S/C8H7ClF3N3/c1-2-3-13-6-4-5(8(10,11)12)14-7(9)15-6/h2,4H,1,3H2,(H,13,14,15). The van der Waals surface area contributed by atoms with Crippen molar-refractivity contribution in [2.75, 3.05) is 11.9 Å². The molecule has 0 spiro atoms. The minimum absolute atomic E-state index is 0.0159. The molecule has 15 heavy (non-hydrogen) atoms. The highest BCUT2D eigenvalue weighted by atomic mass is 35.5. The molecule has 0 radical (unpaired) electrons. The van der Waals surface area contributed by atoms with Gasteiger partial charge in [0.1, 0.15) is 5.82 Å². The maximum absolute atomic E-state index is 12.3. The van der Waals surface area contributed by atoms with E-state index >= 15 is 0 Å². The topological polar surface area (TPSA) is 37.8 Å². The second-order valence-corrected chi connectivity index (χ2v) is 2.91. The highest BCUT2D eigenvalue weighted by Crippen LogP contribution is 2.29. The second-order valence-electron chi connectivity index (χ2n) is 2.57. The maximum atomic E-state index is 12.3. The van der Waals surface area contributed by atoms with Gasteiger partial charge in [-0.1, -0.05) is 6.08 Å². The lowest BCUT2D eigenvalue weighted by molar-refractivity contribution is -0.141. The lowest BCUT2D eigenvalue weighted by Gasteiger charge is -2.08. The third kappa shape index (κ3) is 3.39. The van der Waals surface area contributed by atoms with Crippen molar-refractivity contribution in [3.8, 4) is 0 Å². The number of anilines is 1. The van der Waals surface area contributed by atoms with E-state index in [1.165, 1.54) is 6.08 Å². The first kappa shape index (κ1) is 11.8. The molecule has 82 valence electrons. The van der Waals surface area contributed by atoms with Crippen LogP contribution in [-0.2, 0) is 6.18 Å². The molecule has 0 saturated carbocycles. The Morgan fingerprint density at radius 1 is 1.47 bits per heavy atom. The normalized spacial score (nSPS) is 11.2. The van der Waals surface area contributed by atoms with Crippen molar-refractivity contribution in [1.82, 2.24) is 9.97 Å². The molecule has 0 fully saturated rings. The molecule has 0 unspecified atom stereocenters. The third-order valence-electron chi connectivity index (χ3n) is 1.42. The molecule has 0 aliphatic heterocycles. The van der Waals surface area contributed by atoms with Gasteiger partial charge >= 0.3 is 6.18 Å². The summed E-state index contributed by atoms with van der Waals surface area (Å²) in [6, 6.07) is 0.787. The van der Waals surface area contributed by atoms with Crippen molar-refractivity contribution in [2.24, 2.45) is 0 Å². The minimum atomic E-state index is -4.53. The number of hydrogen-bond donors (Lipinski definition) is 1. The van der Waals surface area contributed by atoms with Crippen LogP contribution in [0.3, 0.4) is 0 Å². The highest BCUT2D eigenvalue weighted by Gasteiger charge is 2.33. The molecule has 0 aromatic carbocycles. The summed E-state index contributed by atoms with van der Waals surface area (Å²) in [7, 11) is 0. The lowest BCUT2D eigenvalue weighted by atomic mass is 10.4. The van der Waals surface area contributed by atoms with E-state index in [2.05, 4.69) is 21.9 Å². The number of halogens is 4. The molecule has 1 heterocycles. The van der Waals surface area contributed by atoms with Gasteiger partial charge < -0.3 is 5.32 Å². The zero-order valence-corrected chi connectivity index (χ0v) is 8.23. The summed E-state index contributed by atoms with van der Waals surface area (Å²) in [5.41, 5.74) is -1.07. The lowest BCUT2D eigenvalue weighted by Crippen LogP contribution is -2.11. The largest absolute Gasteiger partial charge is 0.433 e. The number of alkyl halides is 3. The highest BCUT2D eigenvalue weighted by molar-refractivity contribution is 6.28. The van der Waals surface area contributed by atoms with Crippen LogP contribution in [0.1, 0.15) is 5.69 Å². The molecule has 1 rings (SSSR count). The van der Waals surface area contributed by atoms with Crippen molar-refractivity contribution in [3.05, 3.63) is 29.7 Å². The van der Waals surface area contributed by atoms with E-state index in [-0.39, 0.29) is 5.82 Å². The summed E-state index contributed by atoms with van der Waals surface area (Å²) in [4.78, 5) is 6.66. The first-order valence-electron chi connectivity index (χ1n) is 3.90. The van der Waals surface area contributed by atoms with Crippen molar-refractivity contribution in [1.29, 1.82) is 0 Å². The number of nitrogens with zero attached hydrogens (tertiary/aromatic N) is 2. The molecule has 1 N–H and O–H groups in total. The summed E-state index contributed by atoms with van der Waals surface area (Å²) >= 11 is 5.35. The molecule has 0 bridgehead atoms. The van der Waals surface area contributed by atoms with Crippen LogP contribution in [-0.4, -0.2) is 16.5 Å². The fourth-order valence-electron chi connectivity index (χ4n) is 0.830. The van der Waals surface area contributed by atoms with Crippen molar-refractivity contribution in [2.45, 2.75) is 6.18 Å². The summed E-state index contributed by atoms with van der Waals surface area (Å²) < 4.78 is 36.8. The average Bonchev–Trinajstić information content (AvgIpc) is 2.12. The Hall–Kier alpha value is -1.30. The zero-order valence-electron chi connectivity index (χ0n) is 7.48. The minimum Gasteiger partial charge on any atom is -0.366 e. The molecular formula is C8H7ClF3N3. The molecule has 0 atom stereocenters. The fraction of sp³-hybridized carbons (Fsp3) is 0.250. The Morgan fingerprint density at radius 3 is 2.67 bits per heavy atom. The SMILES string of the molecule is C=CCNc1cc(C(F)(F)F)nc(Cl)n1. The van der Waals surface area contributed by atoms with E-state index in [0.29, 0.717) is 6.54 Å². The zero-order chi connectivity index (χ0) is 11.5. The van der Waals surface area contributed by atoms with E-state index in [1.807, 2.05) is 0 Å². The Morgan fingerprint density at radius 2 is 2.13 bits per heavy atom. The van der Waals surface area contributed by atoms with E-state index < -0.39 is 17.2 Å². The van der Waals surface area contributed by atoms with Gasteiger partial charge in [-0.25, -0.2) is 9.97 Å². The van der Waals surface area contributed by atoms with E-state index in [0.717, 1.165) is 6.07 Å². The van der Waals surface area contributed by atoms with Crippen LogP contribution in [0, 0.1) is 0 Å². The predicted octanol–water partition coefficient (Wildman–Crippen LogP) is 2.75. The van der Waals surface area contributed by atoms with Gasteiger partial charge in [-0.05, 0) is 11.6 Å². The number of nitrogens with one attached hydrogen (secondary N) is 1. The summed E-state index contributed by atoms with van der Waals surface area (Å²) in [5.74, 6) is 0.0159. The first-order chi connectivity index (χ1) is 6.93. The molecule has 1 aromatic rings. The molecule has 1 aromatic heterocycles. The van der Waals surface area contributed by atoms with Gasteiger partial charge in [0.15, 0.2) is 5.69 Å². The Balaban J connectivity index is 3.00. The molecule has 0 aliphatic carbocycles. The predicted molar refractivity (Wildman–Crippen MR) is 50.7 cm³/mol. The van der Waals surface area contributed by atoms with Crippen LogP contribution in [0.25, 0.3) is 0 Å². The van der Waals surface area contributed by atoms with E-state index in [4.69, 9.17) is 11.6 Å². The second kappa shape index (κ2) is 4.48. The molecule has 7 heteroatoms. The smallest absolute Gasteiger partial charge is 0.366 e. The van der Waals surface area contributed by atoms with Gasteiger partial charge in [0.05, 0.1) is 0 Å². The summed E-state index contributed by atoms with van der Waals surface area (Å²) in [5, 5.41) is 2.15. The van der Waals surface area contributed by atoms with E-state index in [9.17, 15) is 13.2 Å². The third-order valence-corrected chi connectivity index (χ3v) is 1.59. The monoisotopic (exact) mass is 237 g/mol. The molecular weight excluding hydrogens is 231 g/mol. The summed E-state index contributed by atoms with van der Waals surface area (Å²) in [6.45, 7) is 3.70. The van der Waals surface area contributed by atoms with Crippen LogP contribution in [0.4, 0.5) is 19.0 Å². The van der Waals surface area contributed by atoms with Crippen LogP contribution < -0.4 is 5.32 Å². The molecule has 0 saturated heterocycles. The Labute approximate surface area is 89.0 Å². The van der Waals surface area contributed by atoms with Crippen LogP contribution in [0.2, 0.25) is 5.28 Å². The van der Waals surface area contributed by atoms with Crippen molar-refractivity contribution >= 4 is 17.4 Å².